The molecule has 0 bridgehead atoms. The molecular formula is C13H17NO2. The maximum absolute atomic E-state index is 11.7. The third-order valence-corrected chi connectivity index (χ3v) is 2.73. The number of carbonyl (C=O) groups is 1. The first-order valence-electron chi connectivity index (χ1n) is 5.57. The minimum absolute atomic E-state index is 0.197. The molecule has 0 aliphatic carbocycles. The molecule has 0 saturated heterocycles. The van der Waals surface area contributed by atoms with Crippen LogP contribution in [-0.4, -0.2) is 29.6 Å². The predicted molar refractivity (Wildman–Crippen MR) is 63.9 cm³/mol. The van der Waals surface area contributed by atoms with Crippen molar-refractivity contribution in [2.45, 2.75) is 25.9 Å². The van der Waals surface area contributed by atoms with Gasteiger partial charge in [-0.15, -0.1) is 0 Å². The molecule has 0 amide bonds. The zero-order valence-electron chi connectivity index (χ0n) is 9.73. The predicted octanol–water partition coefficient (Wildman–Crippen LogP) is 1.85. The number of Topliss-reactive ketones (excluding diaryl/α,β-unsaturated/α-hetero) is 1. The van der Waals surface area contributed by atoms with Crippen LogP contribution in [0.1, 0.15) is 30.6 Å². The number of β-amino-alcohol motifs (C(OH)–C–C–N with tert-alkyl or cyclic N) is 1. The molecule has 0 atom stereocenters. The number of para-hydroxylation sites is 1. The van der Waals surface area contributed by atoms with Gasteiger partial charge in [-0.1, -0.05) is 12.1 Å². The Kier molecular flexibility index (Phi) is 2.72. The first kappa shape index (κ1) is 11.1. The van der Waals surface area contributed by atoms with E-state index >= 15 is 0 Å². The van der Waals surface area contributed by atoms with Gasteiger partial charge in [0.05, 0.1) is 5.60 Å². The molecule has 1 aromatic rings. The summed E-state index contributed by atoms with van der Waals surface area (Å²) in [7, 11) is 0. The summed E-state index contributed by atoms with van der Waals surface area (Å²) >= 11 is 0. The van der Waals surface area contributed by atoms with Gasteiger partial charge in [0, 0.05) is 30.8 Å². The van der Waals surface area contributed by atoms with E-state index < -0.39 is 5.60 Å². The van der Waals surface area contributed by atoms with Crippen molar-refractivity contribution in [1.29, 1.82) is 0 Å². The number of fused-ring (bicyclic) bond motifs is 1. The van der Waals surface area contributed by atoms with Crippen molar-refractivity contribution in [2.24, 2.45) is 0 Å². The quantitative estimate of drug-likeness (QED) is 0.825. The van der Waals surface area contributed by atoms with Crippen molar-refractivity contribution in [3.63, 3.8) is 0 Å². The van der Waals surface area contributed by atoms with Crippen molar-refractivity contribution in [3.05, 3.63) is 29.8 Å². The van der Waals surface area contributed by atoms with Crippen molar-refractivity contribution >= 4 is 11.5 Å². The standard InChI is InChI=1S/C13H17NO2/c1-13(2,16)9-14-8-7-12(15)10-5-3-4-6-11(10)14/h3-6,16H,7-9H2,1-2H3. The van der Waals surface area contributed by atoms with E-state index in [4.69, 9.17) is 0 Å². The Morgan fingerprint density at radius 1 is 1.38 bits per heavy atom. The van der Waals surface area contributed by atoms with Crippen molar-refractivity contribution in [2.75, 3.05) is 18.0 Å². The molecule has 3 nitrogen and oxygen atoms in total. The van der Waals surface area contributed by atoms with Gasteiger partial charge in [-0.2, -0.15) is 0 Å². The van der Waals surface area contributed by atoms with Gasteiger partial charge in [0.15, 0.2) is 5.78 Å². The summed E-state index contributed by atoms with van der Waals surface area (Å²) < 4.78 is 0. The minimum atomic E-state index is -0.743. The fourth-order valence-corrected chi connectivity index (χ4v) is 2.11. The Morgan fingerprint density at radius 2 is 2.06 bits per heavy atom. The van der Waals surface area contributed by atoms with Crippen molar-refractivity contribution < 1.29 is 9.90 Å². The number of rotatable bonds is 2. The smallest absolute Gasteiger partial charge is 0.166 e. The van der Waals surface area contributed by atoms with E-state index in [-0.39, 0.29) is 5.78 Å². The van der Waals surface area contributed by atoms with E-state index in [1.165, 1.54) is 0 Å². The molecule has 0 spiro atoms. The number of ketones is 1. The molecule has 0 radical (unpaired) electrons. The first-order valence-corrected chi connectivity index (χ1v) is 5.57. The molecule has 1 N–H and O–H groups in total. The summed E-state index contributed by atoms with van der Waals surface area (Å²) in [6, 6.07) is 7.60. The van der Waals surface area contributed by atoms with Crippen LogP contribution in [0.2, 0.25) is 0 Å². The Bertz CT molecular complexity index is 407. The highest BCUT2D eigenvalue weighted by Crippen LogP contribution is 2.27. The SMILES string of the molecule is CC(C)(O)CN1CCC(=O)c2ccccc21. The van der Waals surface area contributed by atoms with Crippen molar-refractivity contribution in [1.82, 2.24) is 0 Å². The Hall–Kier alpha value is -1.35. The number of carbonyl (C=O) groups excluding carboxylic acids is 1. The summed E-state index contributed by atoms with van der Waals surface area (Å²) in [5.74, 6) is 0.197. The van der Waals surface area contributed by atoms with E-state index in [2.05, 4.69) is 4.90 Å². The van der Waals surface area contributed by atoms with Gasteiger partial charge in [0.25, 0.3) is 0 Å². The molecule has 0 fully saturated rings. The average Bonchev–Trinajstić information content (AvgIpc) is 2.21. The van der Waals surface area contributed by atoms with Crippen LogP contribution < -0.4 is 4.90 Å². The van der Waals surface area contributed by atoms with Crippen LogP contribution in [0.25, 0.3) is 0 Å². The molecule has 1 aromatic carbocycles. The zero-order chi connectivity index (χ0) is 11.8. The number of hydrogen-bond donors (Lipinski definition) is 1. The number of aliphatic hydroxyl groups is 1. The average molecular weight is 219 g/mol. The van der Waals surface area contributed by atoms with Gasteiger partial charge >= 0.3 is 0 Å². The topological polar surface area (TPSA) is 40.5 Å². The molecule has 1 aliphatic heterocycles. The van der Waals surface area contributed by atoms with Crippen LogP contribution in [0.5, 0.6) is 0 Å². The highest BCUT2D eigenvalue weighted by molar-refractivity contribution is 6.03. The highest BCUT2D eigenvalue weighted by Gasteiger charge is 2.26. The molecule has 3 heteroatoms. The molecule has 16 heavy (non-hydrogen) atoms. The Balaban J connectivity index is 2.31. The lowest BCUT2D eigenvalue weighted by Gasteiger charge is -2.34. The number of nitrogens with zero attached hydrogens (tertiary/aromatic N) is 1. The number of benzene rings is 1. The number of hydrogen-bond acceptors (Lipinski definition) is 3. The molecule has 0 unspecified atom stereocenters. The van der Waals surface area contributed by atoms with Gasteiger partial charge in [0.1, 0.15) is 0 Å². The Morgan fingerprint density at radius 3 is 2.75 bits per heavy atom. The second-order valence-electron chi connectivity index (χ2n) is 4.92. The van der Waals surface area contributed by atoms with Crippen LogP contribution in [0.4, 0.5) is 5.69 Å². The first-order chi connectivity index (χ1) is 7.47. The maximum Gasteiger partial charge on any atom is 0.166 e. The van der Waals surface area contributed by atoms with Gasteiger partial charge in [-0.05, 0) is 26.0 Å². The molecule has 1 heterocycles. The van der Waals surface area contributed by atoms with Crippen LogP contribution >= 0.6 is 0 Å². The summed E-state index contributed by atoms with van der Waals surface area (Å²) in [5, 5.41) is 9.83. The maximum atomic E-state index is 11.7. The third-order valence-electron chi connectivity index (χ3n) is 2.73. The van der Waals surface area contributed by atoms with E-state index in [0.29, 0.717) is 19.5 Å². The monoisotopic (exact) mass is 219 g/mol. The highest BCUT2D eigenvalue weighted by atomic mass is 16.3. The lowest BCUT2D eigenvalue weighted by molar-refractivity contribution is 0.0846. The summed E-state index contributed by atoms with van der Waals surface area (Å²) in [6.45, 7) is 4.81. The van der Waals surface area contributed by atoms with Gasteiger partial charge in [-0.3, -0.25) is 4.79 Å². The molecular weight excluding hydrogens is 202 g/mol. The molecule has 0 saturated carbocycles. The second-order valence-corrected chi connectivity index (χ2v) is 4.92. The van der Waals surface area contributed by atoms with Gasteiger partial charge in [-0.25, -0.2) is 0 Å². The van der Waals surface area contributed by atoms with Crippen LogP contribution in [-0.2, 0) is 0 Å². The zero-order valence-corrected chi connectivity index (χ0v) is 9.73. The molecule has 1 aliphatic rings. The van der Waals surface area contributed by atoms with Crippen LogP contribution in [0.15, 0.2) is 24.3 Å². The lowest BCUT2D eigenvalue weighted by Crippen LogP contribution is -2.42. The van der Waals surface area contributed by atoms with Crippen LogP contribution in [0, 0.1) is 0 Å². The van der Waals surface area contributed by atoms with E-state index in [1.807, 2.05) is 24.3 Å². The lowest BCUT2D eigenvalue weighted by atomic mass is 9.98. The Labute approximate surface area is 95.7 Å². The number of anilines is 1. The van der Waals surface area contributed by atoms with Gasteiger partial charge < -0.3 is 10.0 Å². The normalized spacial score (nSPS) is 16.2. The fraction of sp³-hybridized carbons (Fsp3) is 0.462. The third kappa shape index (κ3) is 2.25. The summed E-state index contributed by atoms with van der Waals surface area (Å²) in [5.41, 5.74) is 0.979. The molecule has 2 rings (SSSR count). The van der Waals surface area contributed by atoms with Crippen molar-refractivity contribution in [3.8, 4) is 0 Å². The summed E-state index contributed by atoms with van der Waals surface area (Å²) in [4.78, 5) is 13.8. The minimum Gasteiger partial charge on any atom is -0.389 e. The van der Waals surface area contributed by atoms with Crippen LogP contribution in [0.3, 0.4) is 0 Å². The van der Waals surface area contributed by atoms with Gasteiger partial charge in [0.2, 0.25) is 0 Å². The molecule has 0 aromatic heterocycles. The largest absolute Gasteiger partial charge is 0.389 e. The van der Waals surface area contributed by atoms with E-state index in [0.717, 1.165) is 11.3 Å². The molecule has 86 valence electrons. The van der Waals surface area contributed by atoms with E-state index in [1.54, 1.807) is 13.8 Å². The second kappa shape index (κ2) is 3.91. The fourth-order valence-electron chi connectivity index (χ4n) is 2.11. The summed E-state index contributed by atoms with van der Waals surface area (Å²) in [6.07, 6.45) is 0.535. The van der Waals surface area contributed by atoms with E-state index in [9.17, 15) is 9.90 Å².